The zero-order valence-corrected chi connectivity index (χ0v) is 20.0. The number of carbonyl (C=O) groups excluding carboxylic acids is 2. The van der Waals surface area contributed by atoms with Gasteiger partial charge in [0.1, 0.15) is 11.6 Å². The third kappa shape index (κ3) is 5.99. The lowest BCUT2D eigenvalue weighted by Crippen LogP contribution is -2.47. The number of benzene rings is 2. The van der Waals surface area contributed by atoms with Crippen LogP contribution in [0.15, 0.2) is 46.0 Å². The van der Waals surface area contributed by atoms with E-state index in [1.807, 2.05) is 0 Å². The van der Waals surface area contributed by atoms with Gasteiger partial charge in [-0.2, -0.15) is 5.10 Å². The molecule has 1 atom stereocenters. The number of hydrogen-bond acceptors (Lipinski definition) is 7. The summed E-state index contributed by atoms with van der Waals surface area (Å²) in [6.45, 7) is 1.53. The highest BCUT2D eigenvalue weighted by atomic mass is 35.5. The number of urea groups is 1. The number of amides is 3. The summed E-state index contributed by atoms with van der Waals surface area (Å²) >= 11 is 6.00. The van der Waals surface area contributed by atoms with Gasteiger partial charge in [-0.05, 0) is 41.4 Å². The van der Waals surface area contributed by atoms with Crippen molar-refractivity contribution in [1.82, 2.24) is 26.8 Å². The molecule has 0 saturated carbocycles. The first-order valence-corrected chi connectivity index (χ1v) is 10.7. The summed E-state index contributed by atoms with van der Waals surface area (Å²) in [5.74, 6) is -2.45. The number of nitrogens with one attached hydrogen (secondary N) is 4. The molecule has 6 N–H and O–H groups in total. The van der Waals surface area contributed by atoms with Gasteiger partial charge in [-0.3, -0.25) is 10.2 Å². The molecule has 0 aliphatic heterocycles. The third-order valence-electron chi connectivity index (χ3n) is 4.88. The van der Waals surface area contributed by atoms with Crippen molar-refractivity contribution in [3.8, 4) is 17.0 Å². The van der Waals surface area contributed by atoms with Crippen LogP contribution >= 0.6 is 11.6 Å². The molecule has 1 unspecified atom stereocenters. The number of methoxy groups -OCH3 is 1. The molecule has 0 aliphatic carbocycles. The fraction of sp³-hybridized carbons (Fsp3) is 0.182. The summed E-state index contributed by atoms with van der Waals surface area (Å²) in [6, 6.07) is 6.21. The molecule has 3 aromatic rings. The topological polar surface area (TPSA) is 156 Å². The highest BCUT2D eigenvalue weighted by Crippen LogP contribution is 2.31. The summed E-state index contributed by atoms with van der Waals surface area (Å²) in [5, 5.41) is 9.83. The smallest absolute Gasteiger partial charge is 0.333 e. The SMILES string of the molecule is CN/N=C(\N)c1c(F)cc(Cl)cc1-c1ccc(C(C)NC(=O)NNC(=O)c2cc(OC)no2)c(F)c1. The van der Waals surface area contributed by atoms with E-state index in [1.165, 1.54) is 45.3 Å². The monoisotopic (exact) mass is 521 g/mol. The van der Waals surface area contributed by atoms with E-state index in [0.717, 1.165) is 12.1 Å². The van der Waals surface area contributed by atoms with E-state index in [4.69, 9.17) is 26.6 Å². The van der Waals surface area contributed by atoms with E-state index in [0.29, 0.717) is 0 Å². The number of halogens is 3. The molecule has 14 heteroatoms. The Morgan fingerprint density at radius 2 is 1.92 bits per heavy atom. The second kappa shape index (κ2) is 11.4. The van der Waals surface area contributed by atoms with Crippen LogP contribution in [0.1, 0.15) is 34.6 Å². The van der Waals surface area contributed by atoms with Crippen LogP contribution in [0.25, 0.3) is 11.1 Å². The summed E-state index contributed by atoms with van der Waals surface area (Å²) < 4.78 is 39.2. The number of hydrazone groups is 1. The van der Waals surface area contributed by atoms with E-state index in [-0.39, 0.29) is 44.8 Å². The summed E-state index contributed by atoms with van der Waals surface area (Å²) in [4.78, 5) is 24.1. The van der Waals surface area contributed by atoms with Crippen LogP contribution in [0.2, 0.25) is 5.02 Å². The molecular formula is C22H22ClF2N7O4. The number of nitrogens with zero attached hydrogens (tertiary/aromatic N) is 2. The van der Waals surface area contributed by atoms with Crippen LogP contribution in [-0.4, -0.2) is 37.1 Å². The number of carbonyl (C=O) groups is 2. The van der Waals surface area contributed by atoms with Gasteiger partial charge >= 0.3 is 11.9 Å². The van der Waals surface area contributed by atoms with Gasteiger partial charge in [0.15, 0.2) is 5.84 Å². The van der Waals surface area contributed by atoms with Crippen LogP contribution in [0, 0.1) is 11.6 Å². The molecule has 2 aromatic carbocycles. The van der Waals surface area contributed by atoms with E-state index < -0.39 is 29.6 Å². The summed E-state index contributed by atoms with van der Waals surface area (Å²) in [5.41, 5.74) is 13.2. The standard InChI is InChI=1S/C22H22ClF2N7O4/c1-10(28-22(34)31-30-21(33)17-9-18(35-3)32-36-17)13-5-4-11(6-15(13)24)14-7-12(23)8-16(25)19(14)20(26)29-27-2/h4-10,27H,1-3H3,(H2,26,29)(H,30,33)(H2,28,31,34). The van der Waals surface area contributed by atoms with Crippen molar-refractivity contribution in [2.24, 2.45) is 10.8 Å². The van der Waals surface area contributed by atoms with Gasteiger partial charge in [-0.25, -0.2) is 19.0 Å². The average Bonchev–Trinajstić information content (AvgIpc) is 3.31. The number of hydrogen-bond donors (Lipinski definition) is 5. The molecule has 1 heterocycles. The number of ether oxygens (including phenoxy) is 1. The lowest BCUT2D eigenvalue weighted by Gasteiger charge is -2.17. The zero-order valence-electron chi connectivity index (χ0n) is 19.3. The number of hydrazine groups is 1. The maximum Gasteiger partial charge on any atom is 0.333 e. The van der Waals surface area contributed by atoms with Gasteiger partial charge in [0.05, 0.1) is 24.8 Å². The molecule has 3 amide bonds. The van der Waals surface area contributed by atoms with Crippen LogP contribution in [0.4, 0.5) is 13.6 Å². The molecular weight excluding hydrogens is 500 g/mol. The molecule has 0 aliphatic rings. The molecule has 0 bridgehead atoms. The van der Waals surface area contributed by atoms with E-state index in [1.54, 1.807) is 0 Å². The second-order valence-electron chi connectivity index (χ2n) is 7.27. The Bertz CT molecular complexity index is 1320. The molecule has 1 aromatic heterocycles. The predicted molar refractivity (Wildman–Crippen MR) is 127 cm³/mol. The second-order valence-corrected chi connectivity index (χ2v) is 7.71. The maximum atomic E-state index is 15.0. The zero-order chi connectivity index (χ0) is 26.4. The van der Waals surface area contributed by atoms with Crippen molar-refractivity contribution >= 4 is 29.4 Å². The highest BCUT2D eigenvalue weighted by Gasteiger charge is 2.20. The Hall–Kier alpha value is -4.39. The Morgan fingerprint density at radius 1 is 1.17 bits per heavy atom. The fourth-order valence-electron chi connectivity index (χ4n) is 3.23. The van der Waals surface area contributed by atoms with Crippen molar-refractivity contribution in [2.75, 3.05) is 14.2 Å². The van der Waals surface area contributed by atoms with E-state index in [2.05, 4.69) is 31.9 Å². The quantitative estimate of drug-likeness (QED) is 0.182. The van der Waals surface area contributed by atoms with Crippen LogP contribution in [0.5, 0.6) is 5.88 Å². The first-order chi connectivity index (χ1) is 17.1. The van der Waals surface area contributed by atoms with Gasteiger partial charge in [-0.1, -0.05) is 23.7 Å². The summed E-state index contributed by atoms with van der Waals surface area (Å²) in [7, 11) is 2.84. The minimum atomic E-state index is -0.818. The Morgan fingerprint density at radius 3 is 2.56 bits per heavy atom. The van der Waals surface area contributed by atoms with Crippen molar-refractivity contribution < 1.29 is 27.6 Å². The van der Waals surface area contributed by atoms with Crippen LogP contribution in [-0.2, 0) is 0 Å². The number of amidine groups is 1. The normalized spacial score (nSPS) is 12.0. The lowest BCUT2D eigenvalue weighted by atomic mass is 9.96. The van der Waals surface area contributed by atoms with Crippen molar-refractivity contribution in [3.05, 3.63) is 69.9 Å². The van der Waals surface area contributed by atoms with Crippen molar-refractivity contribution in [2.45, 2.75) is 13.0 Å². The van der Waals surface area contributed by atoms with Crippen molar-refractivity contribution in [1.29, 1.82) is 0 Å². The number of nitrogens with two attached hydrogens (primary N) is 1. The Labute approximate surface area is 209 Å². The molecule has 190 valence electrons. The van der Waals surface area contributed by atoms with Gasteiger partial charge < -0.3 is 25.7 Å². The average molecular weight is 522 g/mol. The number of aromatic nitrogens is 1. The van der Waals surface area contributed by atoms with Crippen LogP contribution < -0.4 is 32.1 Å². The van der Waals surface area contributed by atoms with Gasteiger partial charge in [0.2, 0.25) is 5.76 Å². The number of rotatable bonds is 7. The Balaban J connectivity index is 1.73. The largest absolute Gasteiger partial charge is 0.479 e. The van der Waals surface area contributed by atoms with Gasteiger partial charge in [-0.15, -0.1) is 0 Å². The molecule has 0 saturated heterocycles. The predicted octanol–water partition coefficient (Wildman–Crippen LogP) is 2.83. The minimum Gasteiger partial charge on any atom is -0.479 e. The lowest BCUT2D eigenvalue weighted by molar-refractivity contribution is 0.0898. The van der Waals surface area contributed by atoms with Crippen LogP contribution in [0.3, 0.4) is 0 Å². The molecule has 0 spiro atoms. The summed E-state index contributed by atoms with van der Waals surface area (Å²) in [6.07, 6.45) is 0. The van der Waals surface area contributed by atoms with E-state index >= 15 is 4.39 Å². The molecule has 3 rings (SSSR count). The highest BCUT2D eigenvalue weighted by molar-refractivity contribution is 6.31. The third-order valence-corrected chi connectivity index (χ3v) is 5.10. The first-order valence-electron chi connectivity index (χ1n) is 10.3. The molecule has 36 heavy (non-hydrogen) atoms. The van der Waals surface area contributed by atoms with Gasteiger partial charge in [0, 0.05) is 17.6 Å². The Kier molecular flexibility index (Phi) is 8.27. The molecule has 0 radical (unpaired) electrons. The van der Waals surface area contributed by atoms with Gasteiger partial charge in [0.25, 0.3) is 5.88 Å². The van der Waals surface area contributed by atoms with E-state index in [9.17, 15) is 14.0 Å². The first kappa shape index (κ1) is 26.2. The van der Waals surface area contributed by atoms with Crippen molar-refractivity contribution in [3.63, 3.8) is 0 Å². The maximum absolute atomic E-state index is 15.0. The fourth-order valence-corrected chi connectivity index (χ4v) is 3.44. The molecule has 11 nitrogen and oxygen atoms in total. The molecule has 0 fully saturated rings. The minimum absolute atomic E-state index is 0.0495.